The fraction of sp³-hybridized carbons (Fsp3) is 0.647. The molecule has 2 N–H and O–H groups in total. The number of rotatable bonds is 4. The quantitative estimate of drug-likeness (QED) is 0.787. The van der Waals surface area contributed by atoms with E-state index in [1.807, 2.05) is 11.8 Å². The monoisotopic (exact) mass is 369 g/mol. The summed E-state index contributed by atoms with van der Waals surface area (Å²) in [4.78, 5) is 1.30. The van der Waals surface area contributed by atoms with Gasteiger partial charge in [-0.1, -0.05) is 28.8 Å². The third-order valence-corrected chi connectivity index (χ3v) is 6.59. The molecule has 116 valence electrons. The standard InChI is InChI=1S/C17H24BrNOS/c18-14-3-5-15(6-4-14)21-12-16(19)13-7-10-20-17(11-13)8-1-2-9-17/h3-6,13,16H,1-2,7-12,19H2. The number of hydrogen-bond donors (Lipinski definition) is 1. The summed E-state index contributed by atoms with van der Waals surface area (Å²) < 4.78 is 7.24. The summed E-state index contributed by atoms with van der Waals surface area (Å²) in [6.45, 7) is 0.904. The molecule has 2 fully saturated rings. The third-order valence-electron chi connectivity index (χ3n) is 4.91. The van der Waals surface area contributed by atoms with Crippen LogP contribution in [0.1, 0.15) is 38.5 Å². The SMILES string of the molecule is NC(CSc1ccc(Br)cc1)C1CCOC2(CCCC2)C1. The predicted molar refractivity (Wildman–Crippen MR) is 92.7 cm³/mol. The van der Waals surface area contributed by atoms with Crippen molar-refractivity contribution < 1.29 is 4.74 Å². The molecule has 1 aromatic carbocycles. The number of ether oxygens (including phenoxy) is 1. The Morgan fingerprint density at radius 1 is 1.29 bits per heavy atom. The second-order valence-corrected chi connectivity index (χ2v) is 8.43. The van der Waals surface area contributed by atoms with Crippen LogP contribution in [-0.4, -0.2) is 24.0 Å². The zero-order chi connectivity index (χ0) is 14.7. The maximum absolute atomic E-state index is 6.49. The second-order valence-electron chi connectivity index (χ2n) is 6.42. The Kier molecular flexibility index (Phi) is 5.31. The van der Waals surface area contributed by atoms with Gasteiger partial charge in [-0.3, -0.25) is 0 Å². The van der Waals surface area contributed by atoms with Crippen LogP contribution >= 0.6 is 27.7 Å². The Hall–Kier alpha value is -0.0300. The van der Waals surface area contributed by atoms with Gasteiger partial charge in [0, 0.05) is 27.8 Å². The molecule has 1 aromatic rings. The van der Waals surface area contributed by atoms with E-state index < -0.39 is 0 Å². The molecule has 0 radical (unpaired) electrons. The van der Waals surface area contributed by atoms with Crippen molar-refractivity contribution >= 4 is 27.7 Å². The maximum atomic E-state index is 6.49. The van der Waals surface area contributed by atoms with Crippen molar-refractivity contribution in [3.8, 4) is 0 Å². The van der Waals surface area contributed by atoms with Gasteiger partial charge in [0.2, 0.25) is 0 Å². The first-order chi connectivity index (χ1) is 10.2. The van der Waals surface area contributed by atoms with Gasteiger partial charge in [-0.15, -0.1) is 11.8 Å². The number of nitrogens with two attached hydrogens (primary N) is 1. The van der Waals surface area contributed by atoms with E-state index in [9.17, 15) is 0 Å². The Balaban J connectivity index is 1.52. The molecule has 1 aliphatic carbocycles. The van der Waals surface area contributed by atoms with Crippen molar-refractivity contribution in [1.29, 1.82) is 0 Å². The van der Waals surface area contributed by atoms with E-state index in [1.165, 1.54) is 37.0 Å². The number of benzene rings is 1. The highest BCUT2D eigenvalue weighted by Crippen LogP contribution is 2.43. The fourth-order valence-electron chi connectivity index (χ4n) is 3.66. The van der Waals surface area contributed by atoms with Gasteiger partial charge in [0.25, 0.3) is 0 Å². The zero-order valence-corrected chi connectivity index (χ0v) is 14.8. The van der Waals surface area contributed by atoms with Gasteiger partial charge in [0.15, 0.2) is 0 Å². The van der Waals surface area contributed by atoms with Crippen LogP contribution in [0, 0.1) is 5.92 Å². The van der Waals surface area contributed by atoms with Crippen LogP contribution in [0.25, 0.3) is 0 Å². The van der Waals surface area contributed by atoms with Gasteiger partial charge >= 0.3 is 0 Å². The average Bonchev–Trinajstić information content (AvgIpc) is 2.94. The molecule has 1 aliphatic heterocycles. The first-order valence-electron chi connectivity index (χ1n) is 7.95. The lowest BCUT2D eigenvalue weighted by Crippen LogP contribution is -2.44. The summed E-state index contributed by atoms with van der Waals surface area (Å²) in [5.41, 5.74) is 6.67. The lowest BCUT2D eigenvalue weighted by atomic mass is 9.81. The van der Waals surface area contributed by atoms with E-state index in [4.69, 9.17) is 10.5 Å². The molecule has 0 aromatic heterocycles. The van der Waals surface area contributed by atoms with E-state index in [0.717, 1.165) is 23.3 Å². The molecule has 3 rings (SSSR count). The summed E-state index contributed by atoms with van der Waals surface area (Å²) >= 11 is 5.35. The normalized spacial score (nSPS) is 26.1. The molecule has 1 heterocycles. The largest absolute Gasteiger partial charge is 0.375 e. The molecule has 1 saturated carbocycles. The Morgan fingerprint density at radius 2 is 2.00 bits per heavy atom. The molecule has 0 amide bonds. The van der Waals surface area contributed by atoms with Crippen molar-refractivity contribution in [2.75, 3.05) is 12.4 Å². The molecular formula is C17H24BrNOS. The van der Waals surface area contributed by atoms with Crippen LogP contribution < -0.4 is 5.73 Å². The summed E-state index contributed by atoms with van der Waals surface area (Å²) in [6.07, 6.45) is 7.45. The van der Waals surface area contributed by atoms with Crippen molar-refractivity contribution in [3.63, 3.8) is 0 Å². The highest BCUT2D eigenvalue weighted by atomic mass is 79.9. The van der Waals surface area contributed by atoms with Crippen molar-refractivity contribution in [2.24, 2.45) is 11.7 Å². The minimum absolute atomic E-state index is 0.183. The Labute approximate surface area is 140 Å². The minimum Gasteiger partial charge on any atom is -0.375 e. The smallest absolute Gasteiger partial charge is 0.0685 e. The molecule has 2 aliphatic rings. The summed E-state index contributed by atoms with van der Waals surface area (Å²) in [7, 11) is 0. The van der Waals surface area contributed by atoms with Crippen molar-refractivity contribution in [2.45, 2.75) is 55.1 Å². The van der Waals surface area contributed by atoms with Gasteiger partial charge < -0.3 is 10.5 Å². The molecule has 0 bridgehead atoms. The maximum Gasteiger partial charge on any atom is 0.0685 e. The van der Waals surface area contributed by atoms with Gasteiger partial charge in [0.1, 0.15) is 0 Å². The zero-order valence-electron chi connectivity index (χ0n) is 12.4. The summed E-state index contributed by atoms with van der Waals surface area (Å²) in [5, 5.41) is 0. The van der Waals surface area contributed by atoms with E-state index in [1.54, 1.807) is 0 Å². The number of thioether (sulfide) groups is 1. The van der Waals surface area contributed by atoms with Gasteiger partial charge in [-0.2, -0.15) is 0 Å². The van der Waals surface area contributed by atoms with Crippen LogP contribution in [0.2, 0.25) is 0 Å². The summed E-state index contributed by atoms with van der Waals surface area (Å²) in [5.74, 6) is 1.63. The average molecular weight is 370 g/mol. The summed E-state index contributed by atoms with van der Waals surface area (Å²) in [6, 6.07) is 8.78. The van der Waals surface area contributed by atoms with E-state index in [-0.39, 0.29) is 11.6 Å². The number of hydrogen-bond acceptors (Lipinski definition) is 3. The Bertz CT molecular complexity index is 458. The molecule has 2 nitrogen and oxygen atoms in total. The highest BCUT2D eigenvalue weighted by Gasteiger charge is 2.41. The van der Waals surface area contributed by atoms with Crippen LogP contribution in [0.5, 0.6) is 0 Å². The lowest BCUT2D eigenvalue weighted by Gasteiger charge is -2.40. The fourth-order valence-corrected chi connectivity index (χ4v) is 4.91. The second kappa shape index (κ2) is 7.03. The first kappa shape index (κ1) is 15.9. The van der Waals surface area contributed by atoms with Crippen LogP contribution in [0.3, 0.4) is 0 Å². The van der Waals surface area contributed by atoms with Crippen LogP contribution in [0.4, 0.5) is 0 Å². The highest BCUT2D eigenvalue weighted by molar-refractivity contribution is 9.10. The van der Waals surface area contributed by atoms with Crippen molar-refractivity contribution in [3.05, 3.63) is 28.7 Å². The Morgan fingerprint density at radius 3 is 2.71 bits per heavy atom. The van der Waals surface area contributed by atoms with E-state index in [2.05, 4.69) is 40.2 Å². The lowest BCUT2D eigenvalue weighted by molar-refractivity contribution is -0.0951. The minimum atomic E-state index is 0.183. The molecule has 1 spiro atoms. The van der Waals surface area contributed by atoms with E-state index in [0.29, 0.717) is 5.92 Å². The molecule has 2 unspecified atom stereocenters. The van der Waals surface area contributed by atoms with E-state index >= 15 is 0 Å². The molecule has 4 heteroatoms. The van der Waals surface area contributed by atoms with Crippen molar-refractivity contribution in [1.82, 2.24) is 0 Å². The molecule has 2 atom stereocenters. The van der Waals surface area contributed by atoms with Crippen LogP contribution in [-0.2, 0) is 4.74 Å². The van der Waals surface area contributed by atoms with Gasteiger partial charge in [-0.05, 0) is 55.9 Å². The van der Waals surface area contributed by atoms with Crippen LogP contribution in [0.15, 0.2) is 33.6 Å². The first-order valence-corrected chi connectivity index (χ1v) is 9.73. The molecule has 21 heavy (non-hydrogen) atoms. The molecule has 1 saturated heterocycles. The predicted octanol–water partition coefficient (Wildman–Crippen LogP) is 4.61. The van der Waals surface area contributed by atoms with Gasteiger partial charge in [-0.25, -0.2) is 0 Å². The van der Waals surface area contributed by atoms with Gasteiger partial charge in [0.05, 0.1) is 5.60 Å². The number of halogens is 1. The third kappa shape index (κ3) is 4.04. The molecular weight excluding hydrogens is 346 g/mol. The topological polar surface area (TPSA) is 35.2 Å².